The van der Waals surface area contributed by atoms with Crippen LogP contribution in [0.2, 0.25) is 0 Å². The van der Waals surface area contributed by atoms with Crippen molar-refractivity contribution in [3.05, 3.63) is 0 Å². The number of hydrogen-bond donors (Lipinski definition) is 0. The van der Waals surface area contributed by atoms with E-state index in [0.717, 1.165) is 12.8 Å². The number of hydrogen-bond acceptors (Lipinski definition) is 3. The summed E-state index contributed by atoms with van der Waals surface area (Å²) < 4.78 is 4.53. The molecule has 0 bridgehead atoms. The van der Waals surface area contributed by atoms with Crippen molar-refractivity contribution in [2.24, 2.45) is 0 Å². The molecule has 0 radical (unpaired) electrons. The molecular formula is C30H58O3. The summed E-state index contributed by atoms with van der Waals surface area (Å²) in [6, 6.07) is 0. The zero-order valence-corrected chi connectivity index (χ0v) is 22.6. The first-order chi connectivity index (χ1) is 16.2. The van der Waals surface area contributed by atoms with Crippen LogP contribution in [0, 0.1) is 0 Å². The highest BCUT2D eigenvalue weighted by molar-refractivity contribution is 5.83. The van der Waals surface area contributed by atoms with Crippen molar-refractivity contribution < 1.29 is 14.3 Å². The van der Waals surface area contributed by atoms with Crippen molar-refractivity contribution in [3.63, 3.8) is 0 Å². The zero-order chi connectivity index (χ0) is 24.2. The van der Waals surface area contributed by atoms with Gasteiger partial charge in [-0.1, -0.05) is 161 Å². The van der Waals surface area contributed by atoms with Crippen LogP contribution in [0.5, 0.6) is 0 Å². The van der Waals surface area contributed by atoms with E-state index in [1.165, 1.54) is 155 Å². The van der Waals surface area contributed by atoms with E-state index in [4.69, 9.17) is 0 Å². The maximum absolute atomic E-state index is 11.2. The molecule has 0 aliphatic rings. The highest BCUT2D eigenvalue weighted by atomic mass is 16.6. The summed E-state index contributed by atoms with van der Waals surface area (Å²) in [5.41, 5.74) is 0. The van der Waals surface area contributed by atoms with Crippen LogP contribution in [0.1, 0.15) is 181 Å². The lowest BCUT2D eigenvalue weighted by atomic mass is 10.0. The molecule has 3 nitrogen and oxygen atoms in total. The monoisotopic (exact) mass is 466 g/mol. The first-order valence-electron chi connectivity index (χ1n) is 14.9. The molecule has 0 aromatic heterocycles. The Morgan fingerprint density at radius 3 is 0.909 bits per heavy atom. The Labute approximate surface area is 207 Å². The van der Waals surface area contributed by atoms with Crippen molar-refractivity contribution in [1.29, 1.82) is 0 Å². The second kappa shape index (κ2) is 27.4. The largest absolute Gasteiger partial charge is 0.393 e. The van der Waals surface area contributed by atoms with Crippen LogP contribution in [0.4, 0.5) is 0 Å². The minimum Gasteiger partial charge on any atom is -0.393 e. The molecule has 196 valence electrons. The molecule has 0 aliphatic carbocycles. The van der Waals surface area contributed by atoms with Gasteiger partial charge in [0.15, 0.2) is 0 Å². The topological polar surface area (TPSA) is 43.4 Å². The first kappa shape index (κ1) is 32.1. The second-order valence-electron chi connectivity index (χ2n) is 10.2. The Morgan fingerprint density at radius 1 is 0.424 bits per heavy atom. The van der Waals surface area contributed by atoms with Crippen molar-refractivity contribution >= 4 is 11.9 Å². The summed E-state index contributed by atoms with van der Waals surface area (Å²) >= 11 is 0. The molecule has 0 N–H and O–H groups in total. The average molecular weight is 467 g/mol. The summed E-state index contributed by atoms with van der Waals surface area (Å²) in [7, 11) is 0. The third-order valence-corrected chi connectivity index (χ3v) is 6.74. The Bertz CT molecular complexity index is 419. The SMILES string of the molecule is CCCCCCCCCCCCCCCCCCCCCCCCCCCC(=O)OC(C)=O. The number of ether oxygens (including phenoxy) is 1. The molecular weight excluding hydrogens is 408 g/mol. The van der Waals surface area contributed by atoms with Crippen molar-refractivity contribution in [3.8, 4) is 0 Å². The van der Waals surface area contributed by atoms with Gasteiger partial charge >= 0.3 is 11.9 Å². The highest BCUT2D eigenvalue weighted by Gasteiger charge is 2.05. The van der Waals surface area contributed by atoms with Gasteiger partial charge in [-0.2, -0.15) is 0 Å². The van der Waals surface area contributed by atoms with Crippen LogP contribution >= 0.6 is 0 Å². The van der Waals surface area contributed by atoms with Gasteiger partial charge in [-0.3, -0.25) is 9.59 Å². The average Bonchev–Trinajstić information content (AvgIpc) is 2.78. The molecule has 0 aromatic carbocycles. The van der Waals surface area contributed by atoms with Gasteiger partial charge in [-0.25, -0.2) is 0 Å². The van der Waals surface area contributed by atoms with Gasteiger partial charge in [0.1, 0.15) is 0 Å². The van der Waals surface area contributed by atoms with Crippen molar-refractivity contribution in [2.75, 3.05) is 0 Å². The lowest BCUT2D eigenvalue weighted by Crippen LogP contribution is -2.08. The fourth-order valence-corrected chi connectivity index (χ4v) is 4.62. The van der Waals surface area contributed by atoms with E-state index in [1.54, 1.807) is 0 Å². The van der Waals surface area contributed by atoms with Gasteiger partial charge in [0.25, 0.3) is 0 Å². The van der Waals surface area contributed by atoms with Crippen LogP contribution in [-0.4, -0.2) is 11.9 Å². The molecule has 0 fully saturated rings. The van der Waals surface area contributed by atoms with Gasteiger partial charge in [0.05, 0.1) is 0 Å². The Balaban J connectivity index is 3.06. The molecule has 33 heavy (non-hydrogen) atoms. The normalized spacial score (nSPS) is 11.1. The van der Waals surface area contributed by atoms with Crippen molar-refractivity contribution in [2.45, 2.75) is 181 Å². The molecule has 0 heterocycles. The second-order valence-corrected chi connectivity index (χ2v) is 10.2. The van der Waals surface area contributed by atoms with E-state index < -0.39 is 5.97 Å². The summed E-state index contributed by atoms with van der Waals surface area (Å²) in [6.45, 7) is 3.57. The number of unbranched alkanes of at least 4 members (excludes halogenated alkanes) is 24. The summed E-state index contributed by atoms with van der Waals surface area (Å²) in [6.07, 6.45) is 34.7. The van der Waals surface area contributed by atoms with Gasteiger partial charge in [-0.05, 0) is 6.42 Å². The van der Waals surface area contributed by atoms with E-state index in [-0.39, 0.29) is 5.97 Å². The molecule has 0 aromatic rings. The summed E-state index contributed by atoms with van der Waals surface area (Å²) in [5.74, 6) is -0.879. The minimum absolute atomic E-state index is 0.374. The number of carbonyl (C=O) groups is 2. The van der Waals surface area contributed by atoms with E-state index in [0.29, 0.717) is 6.42 Å². The van der Waals surface area contributed by atoms with Gasteiger partial charge < -0.3 is 4.74 Å². The van der Waals surface area contributed by atoms with Crippen molar-refractivity contribution in [1.82, 2.24) is 0 Å². The molecule has 0 amide bonds. The van der Waals surface area contributed by atoms with E-state index in [9.17, 15) is 9.59 Å². The smallest absolute Gasteiger partial charge is 0.313 e. The Hall–Kier alpha value is -0.860. The number of rotatable bonds is 26. The van der Waals surface area contributed by atoms with Crippen LogP contribution in [0.3, 0.4) is 0 Å². The molecule has 3 heteroatoms. The van der Waals surface area contributed by atoms with Crippen LogP contribution in [0.25, 0.3) is 0 Å². The predicted octanol–water partition coefficient (Wildman–Crippen LogP) is 10.2. The highest BCUT2D eigenvalue weighted by Crippen LogP contribution is 2.16. The molecule has 0 spiro atoms. The third-order valence-electron chi connectivity index (χ3n) is 6.74. The fourth-order valence-electron chi connectivity index (χ4n) is 4.62. The summed E-state index contributed by atoms with van der Waals surface area (Å²) in [4.78, 5) is 21.9. The lowest BCUT2D eigenvalue weighted by Gasteiger charge is -2.04. The zero-order valence-electron chi connectivity index (χ0n) is 22.6. The van der Waals surface area contributed by atoms with E-state index >= 15 is 0 Å². The quantitative estimate of drug-likeness (QED) is 0.0723. The van der Waals surface area contributed by atoms with Crippen LogP contribution in [0.15, 0.2) is 0 Å². The Morgan fingerprint density at radius 2 is 0.667 bits per heavy atom. The lowest BCUT2D eigenvalue weighted by molar-refractivity contribution is -0.158. The van der Waals surface area contributed by atoms with E-state index in [1.807, 2.05) is 0 Å². The first-order valence-corrected chi connectivity index (χ1v) is 14.9. The van der Waals surface area contributed by atoms with E-state index in [2.05, 4.69) is 11.7 Å². The maximum Gasteiger partial charge on any atom is 0.313 e. The summed E-state index contributed by atoms with van der Waals surface area (Å²) in [5, 5.41) is 0. The minimum atomic E-state index is -0.500. The van der Waals surface area contributed by atoms with Gasteiger partial charge in [0, 0.05) is 13.3 Å². The molecule has 0 rings (SSSR count). The molecule has 0 unspecified atom stereocenters. The molecule has 0 atom stereocenters. The fraction of sp³-hybridized carbons (Fsp3) is 0.933. The number of esters is 2. The maximum atomic E-state index is 11.2. The molecule has 0 saturated carbocycles. The third kappa shape index (κ3) is 29.1. The predicted molar refractivity (Wildman–Crippen MR) is 142 cm³/mol. The van der Waals surface area contributed by atoms with Crippen LogP contribution in [-0.2, 0) is 14.3 Å². The molecule has 0 aliphatic heterocycles. The number of carbonyl (C=O) groups excluding carboxylic acids is 2. The van der Waals surface area contributed by atoms with Gasteiger partial charge in [0.2, 0.25) is 0 Å². The van der Waals surface area contributed by atoms with Gasteiger partial charge in [-0.15, -0.1) is 0 Å². The van der Waals surface area contributed by atoms with Crippen LogP contribution < -0.4 is 0 Å². The molecule has 0 saturated heterocycles. The Kier molecular flexibility index (Phi) is 26.7. The standard InChI is InChI=1S/C30H58O3/c1-3-4-5-6-7-8-9-10-11-12-13-14-15-16-17-18-19-20-21-22-23-24-25-26-27-28-30(32)33-29(2)31/h3-28H2,1-2H3.